The molecular weight excluding hydrogens is 411 g/mol. The number of carboxylic acid groups (broad SMARTS) is 1. The molecule has 0 bridgehead atoms. The van der Waals surface area contributed by atoms with Gasteiger partial charge in [-0.05, 0) is 18.2 Å². The molecule has 1 aliphatic heterocycles. The Morgan fingerprint density at radius 3 is 2.63 bits per heavy atom. The highest BCUT2D eigenvalue weighted by Crippen LogP contribution is 2.28. The predicted octanol–water partition coefficient (Wildman–Crippen LogP) is 0.596. The molecule has 0 aliphatic carbocycles. The lowest BCUT2D eigenvalue weighted by molar-refractivity contribution is -0.192. The van der Waals surface area contributed by atoms with Crippen molar-refractivity contribution in [3.63, 3.8) is 0 Å². The Balaban J connectivity index is 0.000000396. The fourth-order valence-electron chi connectivity index (χ4n) is 2.29. The standard InChI is InChI=1S/C15H17N5O3.C2HF3O2/c16-7-10-6-14(21)20-13(19-10)8-18-15(22)9-1-2-11-12(5-9)23-4-3-17-11;3-2(4,5)1(6)7/h1-2,5-6,17H,3-4,7-8,16H2,(H,18,22)(H,19,20,21);(H,6,7). The van der Waals surface area contributed by atoms with Crippen LogP contribution >= 0.6 is 0 Å². The fraction of sp³-hybridized carbons (Fsp3) is 0.294. The number of aliphatic carboxylic acids is 1. The number of benzene rings is 1. The highest BCUT2D eigenvalue weighted by atomic mass is 19.4. The third-order valence-electron chi connectivity index (χ3n) is 3.63. The number of carbonyl (C=O) groups is 2. The van der Waals surface area contributed by atoms with Crippen LogP contribution in [0.2, 0.25) is 0 Å². The number of amides is 1. The molecule has 0 spiro atoms. The maximum absolute atomic E-state index is 12.2. The summed E-state index contributed by atoms with van der Waals surface area (Å²) in [6, 6.07) is 6.53. The number of ether oxygens (including phenoxy) is 1. The summed E-state index contributed by atoms with van der Waals surface area (Å²) in [6.45, 7) is 1.59. The molecule has 13 heteroatoms. The second kappa shape index (κ2) is 9.73. The minimum atomic E-state index is -5.08. The summed E-state index contributed by atoms with van der Waals surface area (Å²) in [5.41, 5.74) is 7.01. The number of anilines is 1. The van der Waals surface area contributed by atoms with Gasteiger partial charge in [0.2, 0.25) is 0 Å². The van der Waals surface area contributed by atoms with Crippen molar-refractivity contribution >= 4 is 17.6 Å². The zero-order chi connectivity index (χ0) is 22.3. The van der Waals surface area contributed by atoms with Crippen molar-refractivity contribution in [2.24, 2.45) is 5.73 Å². The van der Waals surface area contributed by atoms with Crippen LogP contribution < -0.4 is 26.7 Å². The number of aromatic nitrogens is 2. The van der Waals surface area contributed by atoms with Crippen LogP contribution in [-0.2, 0) is 17.9 Å². The second-order valence-electron chi connectivity index (χ2n) is 5.86. The Hall–Kier alpha value is -3.61. The molecule has 1 amide bonds. The molecule has 3 rings (SSSR count). The van der Waals surface area contributed by atoms with Gasteiger partial charge in [0.05, 0.1) is 17.9 Å². The van der Waals surface area contributed by atoms with Gasteiger partial charge < -0.3 is 31.2 Å². The largest absolute Gasteiger partial charge is 0.490 e. The summed E-state index contributed by atoms with van der Waals surface area (Å²) in [5, 5.41) is 13.0. The Morgan fingerprint density at radius 1 is 1.30 bits per heavy atom. The number of carbonyl (C=O) groups excluding carboxylic acids is 1. The minimum Gasteiger partial charge on any atom is -0.490 e. The highest BCUT2D eigenvalue weighted by Gasteiger charge is 2.38. The number of fused-ring (bicyclic) bond motifs is 1. The van der Waals surface area contributed by atoms with Gasteiger partial charge in [-0.3, -0.25) is 9.59 Å². The molecule has 1 aromatic carbocycles. The molecule has 0 saturated carbocycles. The molecule has 162 valence electrons. The van der Waals surface area contributed by atoms with Crippen LogP contribution in [0.15, 0.2) is 29.1 Å². The molecule has 0 atom stereocenters. The van der Waals surface area contributed by atoms with Crippen LogP contribution in [0.3, 0.4) is 0 Å². The number of halogens is 3. The van der Waals surface area contributed by atoms with Crippen LogP contribution in [0.1, 0.15) is 21.9 Å². The summed E-state index contributed by atoms with van der Waals surface area (Å²) in [4.78, 5) is 39.3. The van der Waals surface area contributed by atoms with E-state index in [2.05, 4.69) is 20.6 Å². The third kappa shape index (κ3) is 6.48. The van der Waals surface area contributed by atoms with E-state index in [0.717, 1.165) is 12.2 Å². The number of nitrogens with two attached hydrogens (primary N) is 1. The van der Waals surface area contributed by atoms with Crippen molar-refractivity contribution in [1.82, 2.24) is 15.3 Å². The zero-order valence-corrected chi connectivity index (χ0v) is 15.4. The lowest BCUT2D eigenvalue weighted by atomic mass is 10.1. The lowest BCUT2D eigenvalue weighted by Crippen LogP contribution is -2.26. The predicted molar refractivity (Wildman–Crippen MR) is 98.0 cm³/mol. The van der Waals surface area contributed by atoms with Gasteiger partial charge in [-0.25, -0.2) is 9.78 Å². The Kier molecular flexibility index (Phi) is 7.36. The first-order chi connectivity index (χ1) is 14.1. The van der Waals surface area contributed by atoms with Gasteiger partial charge in [-0.15, -0.1) is 0 Å². The van der Waals surface area contributed by atoms with Crippen molar-refractivity contribution in [3.05, 3.63) is 51.7 Å². The third-order valence-corrected chi connectivity index (χ3v) is 3.63. The number of rotatable bonds is 4. The topological polar surface area (TPSA) is 159 Å². The first-order valence-electron chi connectivity index (χ1n) is 8.48. The number of nitrogens with one attached hydrogen (secondary N) is 3. The number of nitrogens with zero attached hydrogens (tertiary/aromatic N) is 1. The normalized spacial score (nSPS) is 12.4. The smallest absolute Gasteiger partial charge is 0.490 e. The minimum absolute atomic E-state index is 0.109. The van der Waals surface area contributed by atoms with E-state index in [1.54, 1.807) is 18.2 Å². The number of aromatic amines is 1. The first-order valence-corrected chi connectivity index (χ1v) is 8.48. The molecule has 6 N–H and O–H groups in total. The molecule has 1 aromatic heterocycles. The number of hydrogen-bond donors (Lipinski definition) is 5. The molecule has 0 fully saturated rings. The van der Waals surface area contributed by atoms with Crippen molar-refractivity contribution in [2.75, 3.05) is 18.5 Å². The average Bonchev–Trinajstić information content (AvgIpc) is 2.71. The summed E-state index contributed by atoms with van der Waals surface area (Å²) in [5.74, 6) is -2.02. The van der Waals surface area contributed by atoms with Gasteiger partial charge in [0.25, 0.3) is 11.5 Å². The van der Waals surface area contributed by atoms with E-state index in [4.69, 9.17) is 20.4 Å². The van der Waals surface area contributed by atoms with Crippen LogP contribution in [0.5, 0.6) is 5.75 Å². The fourth-order valence-corrected chi connectivity index (χ4v) is 2.29. The van der Waals surface area contributed by atoms with Gasteiger partial charge >= 0.3 is 12.1 Å². The van der Waals surface area contributed by atoms with Gasteiger partial charge in [-0.2, -0.15) is 13.2 Å². The van der Waals surface area contributed by atoms with Crippen LogP contribution in [0.4, 0.5) is 18.9 Å². The van der Waals surface area contributed by atoms with E-state index in [-0.39, 0.29) is 24.6 Å². The molecule has 0 unspecified atom stereocenters. The molecule has 2 heterocycles. The van der Waals surface area contributed by atoms with E-state index >= 15 is 0 Å². The SMILES string of the molecule is NCc1cc(=O)[nH]c(CNC(=O)c2ccc3c(c2)OCCN3)n1.O=C(O)C(F)(F)F. The van der Waals surface area contributed by atoms with Crippen molar-refractivity contribution in [1.29, 1.82) is 0 Å². The maximum Gasteiger partial charge on any atom is 0.490 e. The average molecular weight is 429 g/mol. The summed E-state index contributed by atoms with van der Waals surface area (Å²) < 4.78 is 37.2. The Morgan fingerprint density at radius 2 is 2.00 bits per heavy atom. The quantitative estimate of drug-likeness (QED) is 0.472. The molecular formula is C17H18F3N5O5. The van der Waals surface area contributed by atoms with Gasteiger partial charge in [0.1, 0.15) is 18.2 Å². The molecule has 10 nitrogen and oxygen atoms in total. The van der Waals surface area contributed by atoms with E-state index in [1.165, 1.54) is 6.07 Å². The first kappa shape index (κ1) is 22.7. The Labute approximate surface area is 167 Å². The molecule has 30 heavy (non-hydrogen) atoms. The second-order valence-corrected chi connectivity index (χ2v) is 5.86. The van der Waals surface area contributed by atoms with E-state index in [9.17, 15) is 22.8 Å². The van der Waals surface area contributed by atoms with E-state index < -0.39 is 12.1 Å². The molecule has 1 aliphatic rings. The number of alkyl halides is 3. The lowest BCUT2D eigenvalue weighted by Gasteiger charge is -2.19. The van der Waals surface area contributed by atoms with Gasteiger partial charge in [0.15, 0.2) is 0 Å². The van der Waals surface area contributed by atoms with Crippen LogP contribution in [0, 0.1) is 0 Å². The number of hydrogen-bond acceptors (Lipinski definition) is 7. The Bertz CT molecular complexity index is 977. The summed E-state index contributed by atoms with van der Waals surface area (Å²) in [7, 11) is 0. The monoisotopic (exact) mass is 429 g/mol. The maximum atomic E-state index is 12.2. The van der Waals surface area contributed by atoms with Gasteiger partial charge in [-0.1, -0.05) is 0 Å². The molecule has 0 radical (unpaired) electrons. The van der Waals surface area contributed by atoms with E-state index in [0.29, 0.717) is 29.4 Å². The zero-order valence-electron chi connectivity index (χ0n) is 15.4. The van der Waals surface area contributed by atoms with Gasteiger partial charge in [0, 0.05) is 24.7 Å². The van der Waals surface area contributed by atoms with Crippen LogP contribution in [0.25, 0.3) is 0 Å². The van der Waals surface area contributed by atoms with Crippen molar-refractivity contribution in [2.45, 2.75) is 19.3 Å². The summed E-state index contributed by atoms with van der Waals surface area (Å²) in [6.07, 6.45) is -5.08. The molecule has 2 aromatic rings. The molecule has 0 saturated heterocycles. The summed E-state index contributed by atoms with van der Waals surface area (Å²) >= 11 is 0. The van der Waals surface area contributed by atoms with Crippen molar-refractivity contribution in [3.8, 4) is 5.75 Å². The van der Waals surface area contributed by atoms with Crippen LogP contribution in [-0.4, -0.2) is 46.3 Å². The van der Waals surface area contributed by atoms with E-state index in [1.807, 2.05) is 0 Å². The highest BCUT2D eigenvalue weighted by molar-refractivity contribution is 5.95. The van der Waals surface area contributed by atoms with Crippen molar-refractivity contribution < 1.29 is 32.6 Å². The number of H-pyrrole nitrogens is 1. The number of carboxylic acids is 1.